The van der Waals surface area contributed by atoms with E-state index < -0.39 is 12.1 Å². The second-order valence-electron chi connectivity index (χ2n) is 6.47. The van der Waals surface area contributed by atoms with Gasteiger partial charge in [0.25, 0.3) is 0 Å². The maximum absolute atomic E-state index is 12.7. The Bertz CT molecular complexity index is 846. The zero-order valence-electron chi connectivity index (χ0n) is 15.6. The van der Waals surface area contributed by atoms with Gasteiger partial charge in [0.15, 0.2) is 0 Å². The number of carbonyl (C=O) groups is 2. The molecule has 0 aromatic heterocycles. The molecule has 2 aromatic carbocycles. The number of nitrogens with one attached hydrogen (secondary N) is 3. The Kier molecular flexibility index (Phi) is 7.66. The van der Waals surface area contributed by atoms with Gasteiger partial charge in [0, 0.05) is 6.42 Å². The van der Waals surface area contributed by atoms with Crippen LogP contribution in [0.2, 0.25) is 0 Å². The molecule has 3 N–H and O–H groups in total. The van der Waals surface area contributed by atoms with Crippen molar-refractivity contribution in [1.82, 2.24) is 16.1 Å². The molecule has 152 valence electrons. The van der Waals surface area contributed by atoms with Crippen LogP contribution in [0.4, 0.5) is 4.79 Å². The molecule has 3 rings (SSSR count). The van der Waals surface area contributed by atoms with Gasteiger partial charge in [-0.05, 0) is 33.1 Å². The number of hydroxylamine groups is 1. The van der Waals surface area contributed by atoms with Gasteiger partial charge in [-0.3, -0.25) is 15.1 Å². The standard InChI is InChI=1S/C21H22BrN3O4/c22-19-12-17(29-25-19)13-23-20(26)18(11-15-7-3-1-4-8-15)24-21(27)28-14-16-9-5-2-6-10-16/h1-10,12,17-18,25H,11,13-14H2,(H,23,26)(H,24,27)/t17-,18?/m0/s1. The number of amides is 2. The molecule has 7 nitrogen and oxygen atoms in total. The van der Waals surface area contributed by atoms with Gasteiger partial charge in [0.2, 0.25) is 5.91 Å². The summed E-state index contributed by atoms with van der Waals surface area (Å²) in [5.41, 5.74) is 4.46. The van der Waals surface area contributed by atoms with E-state index >= 15 is 0 Å². The van der Waals surface area contributed by atoms with Crippen LogP contribution in [0, 0.1) is 0 Å². The molecule has 8 heteroatoms. The van der Waals surface area contributed by atoms with Crippen LogP contribution in [-0.2, 0) is 27.4 Å². The first kappa shape index (κ1) is 20.9. The van der Waals surface area contributed by atoms with Crippen LogP contribution < -0.4 is 16.1 Å². The third-order valence-corrected chi connectivity index (χ3v) is 4.65. The van der Waals surface area contributed by atoms with Gasteiger partial charge < -0.3 is 15.4 Å². The fourth-order valence-electron chi connectivity index (χ4n) is 2.75. The highest BCUT2D eigenvalue weighted by atomic mass is 79.9. The molecule has 1 aliphatic rings. The average molecular weight is 460 g/mol. The second kappa shape index (κ2) is 10.6. The lowest BCUT2D eigenvalue weighted by atomic mass is 10.1. The van der Waals surface area contributed by atoms with Gasteiger partial charge in [0.05, 0.1) is 6.54 Å². The molecule has 2 aromatic rings. The van der Waals surface area contributed by atoms with Crippen molar-refractivity contribution in [3.8, 4) is 0 Å². The summed E-state index contributed by atoms with van der Waals surface area (Å²) >= 11 is 3.27. The molecule has 0 aliphatic carbocycles. The topological polar surface area (TPSA) is 88.7 Å². The number of ether oxygens (including phenoxy) is 1. The maximum Gasteiger partial charge on any atom is 0.408 e. The summed E-state index contributed by atoms with van der Waals surface area (Å²) in [6, 6.07) is 18.1. The largest absolute Gasteiger partial charge is 0.445 e. The zero-order chi connectivity index (χ0) is 20.5. The van der Waals surface area contributed by atoms with Crippen LogP contribution in [0.15, 0.2) is 71.3 Å². The number of rotatable bonds is 8. The van der Waals surface area contributed by atoms with Crippen molar-refractivity contribution in [2.45, 2.75) is 25.2 Å². The summed E-state index contributed by atoms with van der Waals surface area (Å²) in [7, 11) is 0. The highest BCUT2D eigenvalue weighted by Gasteiger charge is 2.24. The van der Waals surface area contributed by atoms with Crippen molar-refractivity contribution in [3.05, 3.63) is 82.5 Å². The Balaban J connectivity index is 1.57. The summed E-state index contributed by atoms with van der Waals surface area (Å²) in [6.07, 6.45) is 1.20. The summed E-state index contributed by atoms with van der Waals surface area (Å²) in [5.74, 6) is -0.314. The molecule has 1 aliphatic heterocycles. The lowest BCUT2D eigenvalue weighted by Gasteiger charge is -2.19. The minimum Gasteiger partial charge on any atom is -0.445 e. The Labute approximate surface area is 177 Å². The zero-order valence-corrected chi connectivity index (χ0v) is 17.2. The van der Waals surface area contributed by atoms with Crippen molar-refractivity contribution < 1.29 is 19.2 Å². The van der Waals surface area contributed by atoms with E-state index in [0.717, 1.165) is 11.1 Å². The quantitative estimate of drug-likeness (QED) is 0.528. The Hall–Kier alpha value is -2.84. The minimum absolute atomic E-state index is 0.132. The van der Waals surface area contributed by atoms with Crippen molar-refractivity contribution in [1.29, 1.82) is 0 Å². The predicted molar refractivity (Wildman–Crippen MR) is 112 cm³/mol. The molecular weight excluding hydrogens is 438 g/mol. The predicted octanol–water partition coefficient (Wildman–Crippen LogP) is 2.78. The summed E-state index contributed by atoms with van der Waals surface area (Å²) in [4.78, 5) is 30.2. The Morgan fingerprint density at radius 3 is 2.34 bits per heavy atom. The van der Waals surface area contributed by atoms with E-state index in [1.54, 1.807) is 6.08 Å². The SMILES string of the molecule is O=C(NC(Cc1ccccc1)C(=O)NC[C@@H]1C=C(Br)NO1)OCc1ccccc1. The van der Waals surface area contributed by atoms with Gasteiger partial charge in [-0.15, -0.1) is 0 Å². The van der Waals surface area contributed by atoms with E-state index in [9.17, 15) is 9.59 Å². The molecule has 1 heterocycles. The second-order valence-corrected chi connectivity index (χ2v) is 7.32. The maximum atomic E-state index is 12.7. The van der Waals surface area contributed by atoms with E-state index in [1.807, 2.05) is 60.7 Å². The van der Waals surface area contributed by atoms with Crippen LogP contribution in [0.5, 0.6) is 0 Å². The molecule has 0 saturated carbocycles. The molecule has 29 heavy (non-hydrogen) atoms. The van der Waals surface area contributed by atoms with Crippen LogP contribution in [0.25, 0.3) is 0 Å². The van der Waals surface area contributed by atoms with E-state index in [4.69, 9.17) is 9.57 Å². The molecule has 0 radical (unpaired) electrons. The molecule has 0 bridgehead atoms. The highest BCUT2D eigenvalue weighted by molar-refractivity contribution is 9.11. The van der Waals surface area contributed by atoms with Crippen LogP contribution in [0.3, 0.4) is 0 Å². The smallest absolute Gasteiger partial charge is 0.408 e. The molecule has 2 amide bonds. The van der Waals surface area contributed by atoms with Gasteiger partial charge in [-0.1, -0.05) is 60.7 Å². The molecule has 1 unspecified atom stereocenters. The van der Waals surface area contributed by atoms with Gasteiger partial charge in [-0.25, -0.2) is 4.79 Å². The number of carbonyl (C=O) groups excluding carboxylic acids is 2. The van der Waals surface area contributed by atoms with E-state index in [0.29, 0.717) is 11.0 Å². The van der Waals surface area contributed by atoms with E-state index in [-0.39, 0.29) is 25.2 Å². The van der Waals surface area contributed by atoms with Crippen molar-refractivity contribution in [3.63, 3.8) is 0 Å². The summed E-state index contributed by atoms with van der Waals surface area (Å²) < 4.78 is 5.97. The molecule has 0 spiro atoms. The van der Waals surface area contributed by atoms with Gasteiger partial charge in [0.1, 0.15) is 23.4 Å². The minimum atomic E-state index is -0.776. The Morgan fingerprint density at radius 1 is 1.07 bits per heavy atom. The van der Waals surface area contributed by atoms with Gasteiger partial charge in [-0.2, -0.15) is 0 Å². The lowest BCUT2D eigenvalue weighted by molar-refractivity contribution is -0.123. The van der Waals surface area contributed by atoms with Crippen LogP contribution >= 0.6 is 15.9 Å². The first-order valence-electron chi connectivity index (χ1n) is 9.18. The van der Waals surface area contributed by atoms with Crippen LogP contribution in [-0.4, -0.2) is 30.7 Å². The average Bonchev–Trinajstić information content (AvgIpc) is 3.17. The van der Waals surface area contributed by atoms with Gasteiger partial charge >= 0.3 is 6.09 Å². The number of benzene rings is 2. The van der Waals surface area contributed by atoms with Crippen molar-refractivity contribution in [2.24, 2.45) is 0 Å². The summed E-state index contributed by atoms with van der Waals surface area (Å²) in [5, 5.41) is 5.47. The van der Waals surface area contributed by atoms with Crippen molar-refractivity contribution >= 4 is 27.9 Å². The van der Waals surface area contributed by atoms with Crippen LogP contribution in [0.1, 0.15) is 11.1 Å². The third-order valence-electron chi connectivity index (χ3n) is 4.22. The first-order chi connectivity index (χ1) is 14.1. The molecule has 0 fully saturated rings. The molecule has 2 atom stereocenters. The number of hydrogen-bond donors (Lipinski definition) is 3. The van der Waals surface area contributed by atoms with E-state index in [1.165, 1.54) is 0 Å². The third kappa shape index (κ3) is 6.92. The first-order valence-corrected chi connectivity index (χ1v) is 9.97. The monoisotopic (exact) mass is 459 g/mol. The molecule has 0 saturated heterocycles. The number of halogens is 1. The molecular formula is C21H22BrN3O4. The Morgan fingerprint density at radius 2 is 1.72 bits per heavy atom. The fraction of sp³-hybridized carbons (Fsp3) is 0.238. The number of alkyl carbamates (subject to hydrolysis) is 1. The fourth-order valence-corrected chi connectivity index (χ4v) is 3.14. The highest BCUT2D eigenvalue weighted by Crippen LogP contribution is 2.11. The van der Waals surface area contributed by atoms with E-state index in [2.05, 4.69) is 32.0 Å². The lowest BCUT2D eigenvalue weighted by Crippen LogP contribution is -2.49. The van der Waals surface area contributed by atoms with Crippen molar-refractivity contribution in [2.75, 3.05) is 6.54 Å². The normalized spacial score (nSPS) is 16.3. The summed E-state index contributed by atoms with van der Waals surface area (Å²) in [6.45, 7) is 0.403. The number of hydrogen-bond acceptors (Lipinski definition) is 5.